The number of nitrogens with two attached hydrogens (primary N) is 1. The number of aromatic nitrogens is 4. The Bertz CT molecular complexity index is 711. The maximum atomic E-state index is 5.76. The number of nitrogen functional groups attached to an aromatic ring is 1. The van der Waals surface area contributed by atoms with Gasteiger partial charge in [-0.1, -0.05) is 18.2 Å². The van der Waals surface area contributed by atoms with Crippen molar-refractivity contribution in [2.24, 2.45) is 0 Å². The molecule has 90 valence electrons. The average Bonchev–Trinajstić information content (AvgIpc) is 2.82. The molecule has 0 amide bonds. The number of H-pyrrole nitrogens is 1. The summed E-state index contributed by atoms with van der Waals surface area (Å²) in [5, 5.41) is 8.10. The number of hydrogen-bond donors (Lipinski definition) is 2. The van der Waals surface area contributed by atoms with Gasteiger partial charge in [-0.15, -0.1) is 0 Å². The predicted octanol–water partition coefficient (Wildman–Crippen LogP) is 2.33. The summed E-state index contributed by atoms with van der Waals surface area (Å²) in [5.41, 5.74) is 7.38. The fourth-order valence-corrected chi connectivity index (χ4v) is 2.03. The molecule has 3 rings (SSSR count). The number of halogens is 1. The van der Waals surface area contributed by atoms with Crippen LogP contribution in [0.2, 0.25) is 0 Å². The van der Waals surface area contributed by atoms with E-state index in [0.29, 0.717) is 23.1 Å². The Morgan fingerprint density at radius 3 is 2.89 bits per heavy atom. The molecule has 0 saturated heterocycles. The summed E-state index contributed by atoms with van der Waals surface area (Å²) in [5.74, 6) is 1.21. The lowest BCUT2D eigenvalue weighted by Gasteiger charge is -2.02. The second kappa shape index (κ2) is 4.41. The van der Waals surface area contributed by atoms with Crippen LogP contribution in [0.1, 0.15) is 0 Å². The summed E-state index contributed by atoms with van der Waals surface area (Å²) in [7, 11) is 0. The topological polar surface area (TPSA) is 89.7 Å². The average molecular weight is 353 g/mol. The number of nitrogens with one attached hydrogen (secondary N) is 1. The van der Waals surface area contributed by atoms with E-state index in [0.717, 1.165) is 10.9 Å². The van der Waals surface area contributed by atoms with E-state index >= 15 is 0 Å². The number of fused-ring (bicyclic) bond motifs is 1. The van der Waals surface area contributed by atoms with Crippen LogP contribution >= 0.6 is 23.0 Å². The zero-order valence-electron chi connectivity index (χ0n) is 9.09. The van der Waals surface area contributed by atoms with Crippen molar-refractivity contribution in [2.75, 3.05) is 5.73 Å². The molecule has 7 heteroatoms. The zero-order chi connectivity index (χ0) is 12.5. The third kappa shape index (κ3) is 1.76. The zero-order valence-corrected chi connectivity index (χ0v) is 11.2. The van der Waals surface area contributed by atoms with Crippen molar-refractivity contribution >= 4 is 39.7 Å². The Morgan fingerprint density at radius 1 is 1.28 bits per heavy atom. The minimum atomic E-state index is 0.293. The van der Waals surface area contributed by atoms with Crippen molar-refractivity contribution < 1.29 is 3.07 Å². The fraction of sp³-hybridized carbons (Fsp3) is 0. The summed E-state index contributed by atoms with van der Waals surface area (Å²) in [6.45, 7) is 0. The Morgan fingerprint density at radius 2 is 2.11 bits per heavy atom. The number of aromatic amines is 1. The molecule has 3 N–H and O–H groups in total. The van der Waals surface area contributed by atoms with E-state index in [1.807, 2.05) is 24.3 Å². The van der Waals surface area contributed by atoms with E-state index in [4.69, 9.17) is 8.80 Å². The highest BCUT2D eigenvalue weighted by Crippen LogP contribution is 2.26. The van der Waals surface area contributed by atoms with E-state index in [-0.39, 0.29) is 0 Å². The van der Waals surface area contributed by atoms with Gasteiger partial charge >= 0.3 is 0 Å². The lowest BCUT2D eigenvalue weighted by Crippen LogP contribution is -1.98. The molecule has 0 bridgehead atoms. The largest absolute Gasteiger partial charge is 0.422 e. The minimum Gasteiger partial charge on any atom is -0.422 e. The van der Waals surface area contributed by atoms with Crippen LogP contribution in [-0.2, 0) is 0 Å². The number of nitrogens with zero attached hydrogens (tertiary/aromatic N) is 3. The monoisotopic (exact) mass is 353 g/mol. The maximum Gasteiger partial charge on any atom is 0.193 e. The van der Waals surface area contributed by atoms with Gasteiger partial charge < -0.3 is 8.80 Å². The molecule has 0 radical (unpaired) electrons. The van der Waals surface area contributed by atoms with E-state index in [1.165, 1.54) is 6.20 Å². The summed E-state index contributed by atoms with van der Waals surface area (Å²) in [4.78, 5) is 8.39. The molecule has 0 spiro atoms. The van der Waals surface area contributed by atoms with E-state index in [2.05, 4.69) is 20.2 Å². The van der Waals surface area contributed by atoms with E-state index < -0.39 is 0 Å². The van der Waals surface area contributed by atoms with Crippen LogP contribution in [0.4, 0.5) is 5.82 Å². The van der Waals surface area contributed by atoms with E-state index in [1.54, 1.807) is 23.0 Å². The van der Waals surface area contributed by atoms with Gasteiger partial charge in [0.1, 0.15) is 5.69 Å². The molecule has 0 aliphatic carbocycles. The first-order valence-corrected chi connectivity index (χ1v) is 6.02. The number of benzene rings is 1. The van der Waals surface area contributed by atoms with Crippen molar-refractivity contribution in [3.63, 3.8) is 0 Å². The number of anilines is 1. The van der Waals surface area contributed by atoms with Gasteiger partial charge in [0.25, 0.3) is 0 Å². The quantitative estimate of drug-likeness (QED) is 0.691. The van der Waals surface area contributed by atoms with Gasteiger partial charge in [0.15, 0.2) is 40.4 Å². The smallest absolute Gasteiger partial charge is 0.193 e. The first-order chi connectivity index (χ1) is 8.79. The van der Waals surface area contributed by atoms with Crippen LogP contribution in [0.5, 0.6) is 5.75 Å². The van der Waals surface area contributed by atoms with Crippen molar-refractivity contribution in [3.05, 3.63) is 30.5 Å². The third-order valence-corrected chi connectivity index (χ3v) is 3.02. The van der Waals surface area contributed by atoms with Crippen LogP contribution in [0.25, 0.3) is 22.4 Å². The lowest BCUT2D eigenvalue weighted by atomic mass is 10.2. The molecule has 3 aromatic rings. The first kappa shape index (κ1) is 11.2. The SMILES string of the molecule is Nc1nc(-c2n[nH]c3ccccc23)ncc1OI. The highest BCUT2D eigenvalue weighted by Gasteiger charge is 2.12. The van der Waals surface area contributed by atoms with Crippen LogP contribution in [-0.4, -0.2) is 20.2 Å². The van der Waals surface area contributed by atoms with Gasteiger partial charge in [-0.25, -0.2) is 9.97 Å². The number of para-hydroxylation sites is 1. The third-order valence-electron chi connectivity index (χ3n) is 2.55. The van der Waals surface area contributed by atoms with Crippen LogP contribution in [0.15, 0.2) is 30.5 Å². The van der Waals surface area contributed by atoms with Crippen molar-refractivity contribution in [1.29, 1.82) is 0 Å². The standard InChI is InChI=1S/C11H8IN5O/c12-18-8-5-14-11(15-10(8)13)9-6-3-1-2-4-7(6)16-17-9/h1-5H,(H,16,17)(H2,13,14,15). The van der Waals surface area contributed by atoms with Gasteiger partial charge in [0.05, 0.1) is 11.7 Å². The molecule has 0 saturated carbocycles. The summed E-state index contributed by atoms with van der Waals surface area (Å²) >= 11 is 1.74. The molecule has 18 heavy (non-hydrogen) atoms. The van der Waals surface area contributed by atoms with E-state index in [9.17, 15) is 0 Å². The van der Waals surface area contributed by atoms with Crippen molar-refractivity contribution in [2.45, 2.75) is 0 Å². The summed E-state index contributed by atoms with van der Waals surface area (Å²) < 4.78 is 5.00. The highest BCUT2D eigenvalue weighted by molar-refractivity contribution is 14.1. The lowest BCUT2D eigenvalue weighted by molar-refractivity contribution is 0.709. The Kier molecular flexibility index (Phi) is 2.74. The molecule has 0 atom stereocenters. The maximum absolute atomic E-state index is 5.76. The molecule has 0 fully saturated rings. The second-order valence-corrected chi connectivity index (χ2v) is 4.08. The van der Waals surface area contributed by atoms with Crippen LogP contribution in [0.3, 0.4) is 0 Å². The molecule has 6 nitrogen and oxygen atoms in total. The summed E-state index contributed by atoms with van der Waals surface area (Å²) in [6.07, 6.45) is 1.54. The molecule has 0 unspecified atom stereocenters. The molecule has 1 aromatic carbocycles. The summed E-state index contributed by atoms with van der Waals surface area (Å²) in [6, 6.07) is 7.77. The van der Waals surface area contributed by atoms with Gasteiger partial charge in [-0.3, -0.25) is 5.10 Å². The van der Waals surface area contributed by atoms with Crippen molar-refractivity contribution in [1.82, 2.24) is 20.2 Å². The van der Waals surface area contributed by atoms with Crippen LogP contribution < -0.4 is 8.80 Å². The number of hydrogen-bond acceptors (Lipinski definition) is 5. The minimum absolute atomic E-state index is 0.293. The Hall–Kier alpha value is -1.90. The highest BCUT2D eigenvalue weighted by atomic mass is 127. The molecule has 0 aliphatic heterocycles. The molecule has 2 aromatic heterocycles. The van der Waals surface area contributed by atoms with Gasteiger partial charge in [-0.05, 0) is 6.07 Å². The number of rotatable bonds is 2. The first-order valence-electron chi connectivity index (χ1n) is 5.14. The molecule has 0 aliphatic rings. The predicted molar refractivity (Wildman–Crippen MR) is 76.2 cm³/mol. The Balaban J connectivity index is 2.17. The van der Waals surface area contributed by atoms with Gasteiger partial charge in [0, 0.05) is 5.39 Å². The fourth-order valence-electron chi connectivity index (χ4n) is 1.69. The molecule has 2 heterocycles. The normalized spacial score (nSPS) is 10.7. The van der Waals surface area contributed by atoms with Gasteiger partial charge in [-0.2, -0.15) is 5.10 Å². The second-order valence-electron chi connectivity index (χ2n) is 3.64. The van der Waals surface area contributed by atoms with Crippen LogP contribution in [0, 0.1) is 0 Å². The Labute approximate surface area is 116 Å². The van der Waals surface area contributed by atoms with Crippen molar-refractivity contribution in [3.8, 4) is 17.3 Å². The molecular formula is C11H8IN5O. The van der Waals surface area contributed by atoms with Gasteiger partial charge in [0.2, 0.25) is 0 Å². The molecular weight excluding hydrogens is 345 g/mol.